The molecule has 136 valence electrons. The fourth-order valence-corrected chi connectivity index (χ4v) is 2.68. The minimum atomic E-state index is -1.30. The fraction of sp³-hybridized carbons (Fsp3) is 0.444. The number of carbonyl (C=O) groups excluding carboxylic acids is 1. The highest BCUT2D eigenvalue weighted by Crippen LogP contribution is 2.28. The molecule has 0 unspecified atom stereocenters. The first-order chi connectivity index (χ1) is 12.0. The number of hydrogen-bond donors (Lipinski definition) is 2. The van der Waals surface area contributed by atoms with Crippen LogP contribution in [0.1, 0.15) is 18.4 Å². The minimum Gasteiger partial charge on any atom is -0.493 e. The van der Waals surface area contributed by atoms with Crippen molar-refractivity contribution >= 4 is 11.9 Å². The zero-order chi connectivity index (χ0) is 18.3. The van der Waals surface area contributed by atoms with Crippen molar-refractivity contribution in [3.8, 4) is 11.5 Å². The Morgan fingerprint density at radius 1 is 1.36 bits per heavy atom. The average Bonchev–Trinajstić information content (AvgIpc) is 2.61. The number of ether oxygens (including phenoxy) is 3. The van der Waals surface area contributed by atoms with Gasteiger partial charge in [-0.05, 0) is 24.1 Å². The largest absolute Gasteiger partial charge is 0.493 e. The molecule has 0 atom stereocenters. The van der Waals surface area contributed by atoms with Crippen LogP contribution in [-0.4, -0.2) is 49.5 Å². The number of carbonyl (C=O) groups is 2. The number of allylic oxidation sites excluding steroid dienone is 1. The van der Waals surface area contributed by atoms with Gasteiger partial charge >= 0.3 is 5.97 Å². The predicted molar refractivity (Wildman–Crippen MR) is 91.0 cm³/mol. The standard InChI is InChI=1S/C18H23NO6/c1-3-4-13-5-6-14(15(11-13)23-2)25-12-16(20)19-18(17(21)22)7-9-24-10-8-18/h3,5-6,11H,1,4,7-10,12H2,2H3,(H,19,20)(H,21,22). The van der Waals surface area contributed by atoms with E-state index in [2.05, 4.69) is 11.9 Å². The summed E-state index contributed by atoms with van der Waals surface area (Å²) in [5.41, 5.74) is -0.285. The lowest BCUT2D eigenvalue weighted by molar-refractivity contribution is -0.152. The molecule has 1 amide bonds. The Morgan fingerprint density at radius 3 is 2.68 bits per heavy atom. The van der Waals surface area contributed by atoms with Gasteiger partial charge in [0.25, 0.3) is 5.91 Å². The lowest BCUT2D eigenvalue weighted by atomic mass is 9.90. The quantitative estimate of drug-likeness (QED) is 0.692. The monoisotopic (exact) mass is 349 g/mol. The van der Waals surface area contributed by atoms with E-state index in [0.29, 0.717) is 31.1 Å². The molecule has 1 aliphatic rings. The second kappa shape index (κ2) is 8.53. The van der Waals surface area contributed by atoms with E-state index in [1.807, 2.05) is 12.1 Å². The lowest BCUT2D eigenvalue weighted by Crippen LogP contribution is -2.58. The second-order valence-electron chi connectivity index (χ2n) is 5.81. The Balaban J connectivity index is 1.99. The van der Waals surface area contributed by atoms with Crippen LogP contribution in [0.3, 0.4) is 0 Å². The third-order valence-electron chi connectivity index (χ3n) is 4.10. The molecule has 25 heavy (non-hydrogen) atoms. The third-order valence-corrected chi connectivity index (χ3v) is 4.10. The average molecular weight is 349 g/mol. The van der Waals surface area contributed by atoms with Crippen LogP contribution in [0.2, 0.25) is 0 Å². The molecule has 1 saturated heterocycles. The van der Waals surface area contributed by atoms with Gasteiger partial charge in [-0.1, -0.05) is 12.1 Å². The summed E-state index contributed by atoms with van der Waals surface area (Å²) in [5.74, 6) is -0.634. The van der Waals surface area contributed by atoms with Gasteiger partial charge in [-0.2, -0.15) is 0 Å². The molecule has 0 saturated carbocycles. The summed E-state index contributed by atoms with van der Waals surface area (Å²) in [6, 6.07) is 5.38. The molecule has 1 fully saturated rings. The van der Waals surface area contributed by atoms with E-state index in [4.69, 9.17) is 14.2 Å². The topological polar surface area (TPSA) is 94.1 Å². The van der Waals surface area contributed by atoms with Crippen LogP contribution in [0.25, 0.3) is 0 Å². The lowest BCUT2D eigenvalue weighted by Gasteiger charge is -2.33. The SMILES string of the molecule is C=CCc1ccc(OCC(=O)NC2(C(=O)O)CCOCC2)c(OC)c1. The molecular formula is C18H23NO6. The summed E-state index contributed by atoms with van der Waals surface area (Å²) >= 11 is 0. The first kappa shape index (κ1) is 18.8. The molecule has 1 aromatic carbocycles. The van der Waals surface area contributed by atoms with E-state index in [0.717, 1.165) is 5.56 Å². The summed E-state index contributed by atoms with van der Waals surface area (Å²) < 4.78 is 16.0. The van der Waals surface area contributed by atoms with Crippen LogP contribution in [0.15, 0.2) is 30.9 Å². The molecule has 1 aromatic rings. The van der Waals surface area contributed by atoms with Crippen molar-refractivity contribution in [2.24, 2.45) is 0 Å². The molecule has 7 nitrogen and oxygen atoms in total. The maximum absolute atomic E-state index is 12.2. The van der Waals surface area contributed by atoms with E-state index >= 15 is 0 Å². The Labute approximate surface area is 146 Å². The molecule has 0 bridgehead atoms. The van der Waals surface area contributed by atoms with E-state index in [-0.39, 0.29) is 19.4 Å². The van der Waals surface area contributed by atoms with Gasteiger partial charge in [0.2, 0.25) is 0 Å². The fourth-order valence-electron chi connectivity index (χ4n) is 2.68. The van der Waals surface area contributed by atoms with Gasteiger partial charge in [0, 0.05) is 26.1 Å². The first-order valence-corrected chi connectivity index (χ1v) is 8.03. The van der Waals surface area contributed by atoms with Crippen LogP contribution >= 0.6 is 0 Å². The van der Waals surface area contributed by atoms with Crippen molar-refractivity contribution in [3.63, 3.8) is 0 Å². The summed E-state index contributed by atoms with van der Waals surface area (Å²) in [5, 5.41) is 12.0. The Bertz CT molecular complexity index is 636. The van der Waals surface area contributed by atoms with Crippen molar-refractivity contribution < 1.29 is 28.9 Å². The van der Waals surface area contributed by atoms with Gasteiger partial charge in [-0.15, -0.1) is 6.58 Å². The van der Waals surface area contributed by atoms with Gasteiger partial charge in [-0.25, -0.2) is 4.79 Å². The Hall–Kier alpha value is -2.54. The number of rotatable bonds is 8. The molecule has 1 heterocycles. The second-order valence-corrected chi connectivity index (χ2v) is 5.81. The third kappa shape index (κ3) is 4.73. The van der Waals surface area contributed by atoms with Crippen molar-refractivity contribution in [3.05, 3.63) is 36.4 Å². The smallest absolute Gasteiger partial charge is 0.329 e. The highest BCUT2D eigenvalue weighted by atomic mass is 16.5. The zero-order valence-electron chi connectivity index (χ0n) is 14.2. The van der Waals surface area contributed by atoms with Gasteiger partial charge < -0.3 is 24.6 Å². The molecule has 0 spiro atoms. The molecular weight excluding hydrogens is 326 g/mol. The Kier molecular flexibility index (Phi) is 6.41. The molecule has 1 aliphatic heterocycles. The van der Waals surface area contributed by atoms with Gasteiger partial charge in [0.15, 0.2) is 18.1 Å². The maximum Gasteiger partial charge on any atom is 0.329 e. The zero-order valence-corrected chi connectivity index (χ0v) is 14.2. The number of methoxy groups -OCH3 is 1. The molecule has 0 radical (unpaired) electrons. The van der Waals surface area contributed by atoms with E-state index in [1.54, 1.807) is 12.1 Å². The molecule has 7 heteroatoms. The number of hydrogen-bond acceptors (Lipinski definition) is 5. The highest BCUT2D eigenvalue weighted by Gasteiger charge is 2.41. The normalized spacial score (nSPS) is 15.9. The van der Waals surface area contributed by atoms with Crippen molar-refractivity contribution in [2.75, 3.05) is 26.9 Å². The van der Waals surface area contributed by atoms with Crippen LogP contribution in [0.5, 0.6) is 11.5 Å². The number of nitrogens with one attached hydrogen (secondary N) is 1. The summed E-state index contributed by atoms with van der Waals surface area (Å²) in [4.78, 5) is 23.7. The minimum absolute atomic E-state index is 0.230. The molecule has 2 rings (SSSR count). The maximum atomic E-state index is 12.2. The number of aliphatic carboxylic acids is 1. The van der Waals surface area contributed by atoms with Crippen LogP contribution in [-0.2, 0) is 20.7 Å². The Morgan fingerprint density at radius 2 is 2.08 bits per heavy atom. The molecule has 2 N–H and O–H groups in total. The van der Waals surface area contributed by atoms with Crippen LogP contribution < -0.4 is 14.8 Å². The number of carboxylic acids is 1. The van der Waals surface area contributed by atoms with Gasteiger partial charge in [-0.3, -0.25) is 4.79 Å². The van der Waals surface area contributed by atoms with Gasteiger partial charge in [0.05, 0.1) is 7.11 Å². The summed E-state index contributed by atoms with van der Waals surface area (Å²) in [7, 11) is 1.52. The number of carboxylic acid groups (broad SMARTS) is 1. The van der Waals surface area contributed by atoms with E-state index in [9.17, 15) is 14.7 Å². The van der Waals surface area contributed by atoms with Crippen molar-refractivity contribution in [1.29, 1.82) is 0 Å². The van der Waals surface area contributed by atoms with Crippen LogP contribution in [0.4, 0.5) is 0 Å². The van der Waals surface area contributed by atoms with Crippen molar-refractivity contribution in [1.82, 2.24) is 5.32 Å². The number of amides is 1. The van der Waals surface area contributed by atoms with Crippen molar-refractivity contribution in [2.45, 2.75) is 24.8 Å². The predicted octanol–water partition coefficient (Wildman–Crippen LogP) is 1.55. The molecule has 0 aromatic heterocycles. The summed E-state index contributed by atoms with van der Waals surface area (Å²) in [6.45, 7) is 3.98. The van der Waals surface area contributed by atoms with E-state index < -0.39 is 17.4 Å². The highest BCUT2D eigenvalue weighted by molar-refractivity contribution is 5.87. The number of benzene rings is 1. The van der Waals surface area contributed by atoms with E-state index in [1.165, 1.54) is 7.11 Å². The first-order valence-electron chi connectivity index (χ1n) is 8.03. The van der Waals surface area contributed by atoms with Gasteiger partial charge in [0.1, 0.15) is 5.54 Å². The van der Waals surface area contributed by atoms with Crippen LogP contribution in [0, 0.1) is 0 Å². The summed E-state index contributed by atoms with van der Waals surface area (Å²) in [6.07, 6.45) is 2.93. The molecule has 0 aliphatic carbocycles.